The van der Waals surface area contributed by atoms with Crippen LogP contribution in [0.1, 0.15) is 24.5 Å². The molecule has 0 aliphatic carbocycles. The number of benzene rings is 2. The molecule has 2 heteroatoms. The Bertz CT molecular complexity index is 497. The van der Waals surface area contributed by atoms with Gasteiger partial charge in [0.05, 0.1) is 0 Å². The first-order valence-electron chi connectivity index (χ1n) is 7.57. The molecule has 0 heterocycles. The Hall–Kier alpha value is -1.64. The summed E-state index contributed by atoms with van der Waals surface area (Å²) in [4.78, 5) is 2.14. The lowest BCUT2D eigenvalue weighted by Crippen LogP contribution is -2.41. The molecular formula is C19H25NO. The fraction of sp³-hybridized carbons (Fsp3) is 0.368. The average molecular weight is 283 g/mol. The predicted molar refractivity (Wildman–Crippen MR) is 88.2 cm³/mol. The molecule has 0 fully saturated rings. The highest BCUT2D eigenvalue weighted by molar-refractivity contribution is 5.37. The zero-order chi connectivity index (χ0) is 15.3. The molecule has 0 unspecified atom stereocenters. The van der Waals surface area contributed by atoms with Gasteiger partial charge in [-0.3, -0.25) is 0 Å². The first kappa shape index (κ1) is 15.7. The zero-order valence-corrected chi connectivity index (χ0v) is 13.2. The lowest BCUT2D eigenvalue weighted by Gasteiger charge is -2.38. The van der Waals surface area contributed by atoms with Crippen molar-refractivity contribution in [3.8, 4) is 0 Å². The van der Waals surface area contributed by atoms with E-state index in [-0.39, 0.29) is 5.92 Å². The highest BCUT2D eigenvalue weighted by Crippen LogP contribution is 2.38. The van der Waals surface area contributed by atoms with Crippen molar-refractivity contribution in [2.45, 2.75) is 18.9 Å². The van der Waals surface area contributed by atoms with Gasteiger partial charge in [-0.2, -0.15) is 0 Å². The van der Waals surface area contributed by atoms with Gasteiger partial charge in [0, 0.05) is 12.5 Å². The Balaban J connectivity index is 2.53. The van der Waals surface area contributed by atoms with Crippen LogP contribution in [0.15, 0.2) is 60.7 Å². The van der Waals surface area contributed by atoms with Gasteiger partial charge in [0.15, 0.2) is 0 Å². The molecular weight excluding hydrogens is 258 g/mol. The Morgan fingerprint density at radius 1 is 0.905 bits per heavy atom. The predicted octanol–water partition coefficient (Wildman–Crippen LogP) is 3.51. The third kappa shape index (κ3) is 3.34. The molecule has 2 aromatic rings. The minimum absolute atomic E-state index is 0.136. The molecule has 0 aliphatic heterocycles. The van der Waals surface area contributed by atoms with E-state index in [1.807, 2.05) is 60.7 Å². The average Bonchev–Trinajstić information content (AvgIpc) is 2.53. The molecule has 2 rings (SSSR count). The largest absolute Gasteiger partial charge is 0.380 e. The summed E-state index contributed by atoms with van der Waals surface area (Å²) in [6.45, 7) is 2.99. The molecule has 0 saturated heterocycles. The zero-order valence-electron chi connectivity index (χ0n) is 13.2. The van der Waals surface area contributed by atoms with E-state index in [1.165, 1.54) is 0 Å². The van der Waals surface area contributed by atoms with Gasteiger partial charge in [0.25, 0.3) is 0 Å². The van der Waals surface area contributed by atoms with E-state index in [1.54, 1.807) is 0 Å². The van der Waals surface area contributed by atoms with Gasteiger partial charge in [-0.1, -0.05) is 67.6 Å². The number of hydrogen-bond acceptors (Lipinski definition) is 2. The second-order valence-corrected chi connectivity index (χ2v) is 5.87. The second kappa shape index (κ2) is 6.88. The topological polar surface area (TPSA) is 23.5 Å². The van der Waals surface area contributed by atoms with Gasteiger partial charge < -0.3 is 10.0 Å². The highest BCUT2D eigenvalue weighted by atomic mass is 16.3. The van der Waals surface area contributed by atoms with E-state index in [2.05, 4.69) is 25.9 Å². The number of hydrogen-bond donors (Lipinski definition) is 1. The van der Waals surface area contributed by atoms with Crippen LogP contribution >= 0.6 is 0 Å². The molecule has 0 bridgehead atoms. The molecule has 0 amide bonds. The maximum Gasteiger partial charge on any atom is 0.119 e. The fourth-order valence-electron chi connectivity index (χ4n) is 3.02. The summed E-state index contributed by atoms with van der Waals surface area (Å²) in [5, 5.41) is 11.6. The van der Waals surface area contributed by atoms with Crippen LogP contribution < -0.4 is 0 Å². The third-order valence-corrected chi connectivity index (χ3v) is 4.10. The second-order valence-electron chi connectivity index (χ2n) is 5.87. The maximum atomic E-state index is 11.6. The lowest BCUT2D eigenvalue weighted by molar-refractivity contribution is 0.00331. The van der Waals surface area contributed by atoms with E-state index in [4.69, 9.17) is 0 Å². The van der Waals surface area contributed by atoms with Crippen molar-refractivity contribution in [2.24, 2.45) is 5.92 Å². The van der Waals surface area contributed by atoms with Crippen molar-refractivity contribution in [1.82, 2.24) is 4.90 Å². The summed E-state index contributed by atoms with van der Waals surface area (Å²) in [6, 6.07) is 20.0. The quantitative estimate of drug-likeness (QED) is 0.877. The lowest BCUT2D eigenvalue weighted by atomic mass is 9.74. The van der Waals surface area contributed by atoms with Crippen molar-refractivity contribution in [2.75, 3.05) is 20.6 Å². The molecule has 0 saturated carbocycles. The minimum atomic E-state index is -0.957. The van der Waals surface area contributed by atoms with Gasteiger partial charge in [-0.05, 0) is 31.6 Å². The smallest absolute Gasteiger partial charge is 0.119 e. The molecule has 0 spiro atoms. The number of rotatable bonds is 6. The van der Waals surface area contributed by atoms with E-state index in [0.29, 0.717) is 0 Å². The summed E-state index contributed by atoms with van der Waals surface area (Å²) in [5.41, 5.74) is 0.969. The first-order chi connectivity index (χ1) is 10.1. The molecule has 21 heavy (non-hydrogen) atoms. The fourth-order valence-corrected chi connectivity index (χ4v) is 3.02. The maximum absolute atomic E-state index is 11.6. The van der Waals surface area contributed by atoms with Crippen LogP contribution in [0.5, 0.6) is 0 Å². The van der Waals surface area contributed by atoms with E-state index < -0.39 is 5.60 Å². The van der Waals surface area contributed by atoms with Crippen LogP contribution in [0.25, 0.3) is 0 Å². The van der Waals surface area contributed by atoms with Crippen LogP contribution in [0.4, 0.5) is 0 Å². The van der Waals surface area contributed by atoms with Crippen LogP contribution in [-0.2, 0) is 5.60 Å². The molecule has 1 N–H and O–H groups in total. The molecule has 112 valence electrons. The number of aliphatic hydroxyl groups is 1. The molecule has 2 nitrogen and oxygen atoms in total. The van der Waals surface area contributed by atoms with Crippen LogP contribution in [-0.4, -0.2) is 30.6 Å². The van der Waals surface area contributed by atoms with Crippen molar-refractivity contribution in [3.05, 3.63) is 71.8 Å². The van der Waals surface area contributed by atoms with Gasteiger partial charge >= 0.3 is 0 Å². The standard InChI is InChI=1S/C19H25NO/c1-4-16(15-20(2)3)19(21,17-11-7-5-8-12-17)18-13-9-6-10-14-18/h5-14,16,21H,4,15H2,1-3H3/t16-/m1/s1. The molecule has 0 aliphatic rings. The normalized spacial score (nSPS) is 13.4. The van der Waals surface area contributed by atoms with E-state index in [0.717, 1.165) is 24.1 Å². The molecule has 1 atom stereocenters. The minimum Gasteiger partial charge on any atom is -0.380 e. The summed E-state index contributed by atoms with van der Waals surface area (Å²) < 4.78 is 0. The van der Waals surface area contributed by atoms with Gasteiger partial charge in [-0.15, -0.1) is 0 Å². The molecule has 0 radical (unpaired) electrons. The van der Waals surface area contributed by atoms with E-state index >= 15 is 0 Å². The van der Waals surface area contributed by atoms with Crippen LogP contribution in [0.2, 0.25) is 0 Å². The third-order valence-electron chi connectivity index (χ3n) is 4.10. The van der Waals surface area contributed by atoms with Crippen molar-refractivity contribution < 1.29 is 5.11 Å². The Kier molecular flexibility index (Phi) is 5.16. The Morgan fingerprint density at radius 2 is 1.33 bits per heavy atom. The summed E-state index contributed by atoms with van der Waals surface area (Å²) in [5.74, 6) is 0.136. The Labute approximate surface area is 128 Å². The SMILES string of the molecule is CC[C@H](CN(C)C)C(O)(c1ccccc1)c1ccccc1. The Morgan fingerprint density at radius 3 is 1.67 bits per heavy atom. The van der Waals surface area contributed by atoms with Crippen LogP contribution in [0, 0.1) is 5.92 Å². The van der Waals surface area contributed by atoms with Crippen molar-refractivity contribution in [3.63, 3.8) is 0 Å². The van der Waals surface area contributed by atoms with Crippen molar-refractivity contribution in [1.29, 1.82) is 0 Å². The number of nitrogens with zero attached hydrogens (tertiary/aromatic N) is 1. The first-order valence-corrected chi connectivity index (χ1v) is 7.57. The summed E-state index contributed by atoms with van der Waals surface area (Å²) in [7, 11) is 4.11. The van der Waals surface area contributed by atoms with E-state index in [9.17, 15) is 5.11 Å². The van der Waals surface area contributed by atoms with Crippen molar-refractivity contribution >= 4 is 0 Å². The van der Waals surface area contributed by atoms with Gasteiger partial charge in [0.1, 0.15) is 5.60 Å². The van der Waals surface area contributed by atoms with Gasteiger partial charge in [0.2, 0.25) is 0 Å². The summed E-state index contributed by atoms with van der Waals surface area (Å²) in [6.07, 6.45) is 0.915. The summed E-state index contributed by atoms with van der Waals surface area (Å²) >= 11 is 0. The van der Waals surface area contributed by atoms with Crippen LogP contribution in [0.3, 0.4) is 0 Å². The monoisotopic (exact) mass is 283 g/mol. The molecule has 0 aromatic heterocycles. The van der Waals surface area contributed by atoms with Gasteiger partial charge in [-0.25, -0.2) is 0 Å². The highest BCUT2D eigenvalue weighted by Gasteiger charge is 2.39. The molecule has 2 aromatic carbocycles.